The minimum atomic E-state index is -4.16. The number of nitrogens with zero attached hydrogens (tertiary/aromatic N) is 2. The topological polar surface area (TPSA) is 86.8 Å². The van der Waals surface area contributed by atoms with Crippen molar-refractivity contribution in [2.24, 2.45) is 0 Å². The van der Waals surface area contributed by atoms with E-state index in [0.717, 1.165) is 10.7 Å². The van der Waals surface area contributed by atoms with Crippen molar-refractivity contribution in [3.8, 4) is 0 Å². The van der Waals surface area contributed by atoms with E-state index in [-0.39, 0.29) is 23.0 Å². The fourth-order valence-corrected chi connectivity index (χ4v) is 5.73. The first-order chi connectivity index (χ1) is 18.1. The molecule has 0 fully saturated rings. The largest absolute Gasteiger partial charge is 0.354 e. The zero-order chi connectivity index (χ0) is 27.9. The van der Waals surface area contributed by atoms with Gasteiger partial charge in [0.15, 0.2) is 0 Å². The van der Waals surface area contributed by atoms with Gasteiger partial charge in [0.05, 0.1) is 10.6 Å². The molecule has 3 aromatic carbocycles. The van der Waals surface area contributed by atoms with Crippen molar-refractivity contribution in [1.29, 1.82) is 0 Å². The van der Waals surface area contributed by atoms with Crippen LogP contribution in [0.5, 0.6) is 0 Å². The lowest BCUT2D eigenvalue weighted by atomic mass is 10.1. The Bertz CT molecular complexity index is 1380. The average Bonchev–Trinajstić information content (AvgIpc) is 2.91. The zero-order valence-corrected chi connectivity index (χ0v) is 23.9. The predicted molar refractivity (Wildman–Crippen MR) is 152 cm³/mol. The summed E-state index contributed by atoms with van der Waals surface area (Å²) in [5.74, 6) is -0.911. The summed E-state index contributed by atoms with van der Waals surface area (Å²) in [5, 5.41) is 3.57. The number of nitrogens with one attached hydrogen (secondary N) is 1. The van der Waals surface area contributed by atoms with Crippen LogP contribution in [-0.4, -0.2) is 44.3 Å². The van der Waals surface area contributed by atoms with Crippen molar-refractivity contribution in [3.05, 3.63) is 94.0 Å². The number of hydrogen-bond acceptors (Lipinski definition) is 4. The minimum Gasteiger partial charge on any atom is -0.354 e. The highest BCUT2D eigenvalue weighted by Gasteiger charge is 2.33. The standard InChI is InChI=1S/C28H31Cl2N3O4S/c1-4-16-31-28(35)21(3)32(18-22-10-8-9-13-25(22)30)27(34)19-33(26-17-23(29)15-14-20(26)2)38(36,37)24-11-6-5-7-12-24/h5-15,17,21H,4,16,18-19H2,1-3H3,(H,31,35)/t21-/m1/s1. The Morgan fingerprint density at radius 2 is 1.63 bits per heavy atom. The summed E-state index contributed by atoms with van der Waals surface area (Å²) in [7, 11) is -4.16. The van der Waals surface area contributed by atoms with E-state index in [9.17, 15) is 18.0 Å². The molecule has 0 saturated heterocycles. The Morgan fingerprint density at radius 1 is 0.974 bits per heavy atom. The second-order valence-electron chi connectivity index (χ2n) is 8.84. The lowest BCUT2D eigenvalue weighted by Gasteiger charge is -2.32. The van der Waals surface area contributed by atoms with E-state index in [0.29, 0.717) is 27.7 Å². The molecular formula is C28H31Cl2N3O4S. The Morgan fingerprint density at radius 3 is 2.29 bits per heavy atom. The molecular weight excluding hydrogens is 545 g/mol. The Balaban J connectivity index is 2.06. The molecule has 7 nitrogen and oxygen atoms in total. The van der Waals surface area contributed by atoms with Crippen LogP contribution in [0.25, 0.3) is 0 Å². The predicted octanol–water partition coefficient (Wildman–Crippen LogP) is 5.44. The fraction of sp³-hybridized carbons (Fsp3) is 0.286. The van der Waals surface area contributed by atoms with Crippen LogP contribution in [0.1, 0.15) is 31.4 Å². The number of anilines is 1. The van der Waals surface area contributed by atoms with Gasteiger partial charge in [0.25, 0.3) is 10.0 Å². The molecule has 38 heavy (non-hydrogen) atoms. The molecule has 0 unspecified atom stereocenters. The molecule has 3 aromatic rings. The van der Waals surface area contributed by atoms with Crippen molar-refractivity contribution in [3.63, 3.8) is 0 Å². The van der Waals surface area contributed by atoms with E-state index < -0.39 is 28.5 Å². The molecule has 0 heterocycles. The second kappa shape index (κ2) is 13.1. The first-order valence-corrected chi connectivity index (χ1v) is 14.4. The summed E-state index contributed by atoms with van der Waals surface area (Å²) in [6.07, 6.45) is 0.730. The molecule has 202 valence electrons. The van der Waals surface area contributed by atoms with E-state index in [1.807, 2.05) is 6.92 Å². The van der Waals surface area contributed by atoms with Crippen LogP contribution in [0.15, 0.2) is 77.7 Å². The normalized spacial score (nSPS) is 12.0. The molecule has 0 aliphatic rings. The molecule has 0 radical (unpaired) electrons. The van der Waals surface area contributed by atoms with E-state index >= 15 is 0 Å². The third-order valence-corrected chi connectivity index (χ3v) is 8.44. The van der Waals surface area contributed by atoms with Crippen molar-refractivity contribution < 1.29 is 18.0 Å². The lowest BCUT2D eigenvalue weighted by Crippen LogP contribution is -2.51. The molecule has 0 aliphatic heterocycles. The summed E-state index contributed by atoms with van der Waals surface area (Å²) in [5.41, 5.74) is 1.53. The molecule has 10 heteroatoms. The van der Waals surface area contributed by atoms with Crippen molar-refractivity contribution >= 4 is 50.7 Å². The van der Waals surface area contributed by atoms with Gasteiger partial charge in [0.2, 0.25) is 11.8 Å². The molecule has 1 N–H and O–H groups in total. The lowest BCUT2D eigenvalue weighted by molar-refractivity contribution is -0.139. The van der Waals surface area contributed by atoms with Crippen LogP contribution in [0, 0.1) is 6.92 Å². The van der Waals surface area contributed by atoms with Crippen molar-refractivity contribution in [1.82, 2.24) is 10.2 Å². The van der Waals surface area contributed by atoms with Crippen LogP contribution in [0.2, 0.25) is 10.0 Å². The van der Waals surface area contributed by atoms with E-state index in [4.69, 9.17) is 23.2 Å². The van der Waals surface area contributed by atoms with Crippen molar-refractivity contribution in [2.75, 3.05) is 17.4 Å². The zero-order valence-electron chi connectivity index (χ0n) is 21.5. The monoisotopic (exact) mass is 575 g/mol. The number of hydrogen-bond donors (Lipinski definition) is 1. The van der Waals surface area contributed by atoms with E-state index in [2.05, 4.69) is 5.32 Å². The number of amides is 2. The van der Waals surface area contributed by atoms with Crippen LogP contribution >= 0.6 is 23.2 Å². The first kappa shape index (κ1) is 29.5. The second-order valence-corrected chi connectivity index (χ2v) is 11.5. The van der Waals surface area contributed by atoms with Crippen molar-refractivity contribution in [2.45, 2.75) is 44.7 Å². The van der Waals surface area contributed by atoms with Gasteiger partial charge in [-0.3, -0.25) is 13.9 Å². The number of benzene rings is 3. The van der Waals surface area contributed by atoms with Gasteiger partial charge in [-0.25, -0.2) is 8.42 Å². The molecule has 1 atom stereocenters. The number of aryl methyl sites for hydroxylation is 1. The molecule has 0 spiro atoms. The number of carbonyl (C=O) groups is 2. The van der Waals surface area contributed by atoms with Gasteiger partial charge in [0.1, 0.15) is 12.6 Å². The Labute approximate surface area is 234 Å². The summed E-state index contributed by atoms with van der Waals surface area (Å²) in [4.78, 5) is 28.2. The minimum absolute atomic E-state index is 0.0208. The molecule has 0 saturated carbocycles. The maximum Gasteiger partial charge on any atom is 0.264 e. The summed E-state index contributed by atoms with van der Waals surface area (Å²) in [6, 6.07) is 18.9. The van der Waals surface area contributed by atoms with Gasteiger partial charge in [-0.2, -0.15) is 0 Å². The molecule has 0 bridgehead atoms. The molecule has 0 aromatic heterocycles. The maximum atomic E-state index is 13.9. The maximum absolute atomic E-state index is 13.9. The van der Waals surface area contributed by atoms with E-state index in [1.54, 1.807) is 68.4 Å². The third kappa shape index (κ3) is 7.07. The molecule has 0 aliphatic carbocycles. The van der Waals surface area contributed by atoms with Crippen LogP contribution in [-0.2, 0) is 26.2 Å². The van der Waals surface area contributed by atoms with Gasteiger partial charge >= 0.3 is 0 Å². The van der Waals surface area contributed by atoms with Gasteiger partial charge in [0, 0.05) is 23.1 Å². The Hall–Kier alpha value is -3.07. The first-order valence-electron chi connectivity index (χ1n) is 12.2. The SMILES string of the molecule is CCCNC(=O)[C@@H](C)N(Cc1ccccc1Cl)C(=O)CN(c1cc(Cl)ccc1C)S(=O)(=O)c1ccccc1. The highest BCUT2D eigenvalue weighted by atomic mass is 35.5. The van der Waals surface area contributed by atoms with Gasteiger partial charge < -0.3 is 10.2 Å². The average molecular weight is 577 g/mol. The summed E-state index contributed by atoms with van der Waals surface area (Å²) in [6.45, 7) is 5.21. The van der Waals surface area contributed by atoms with Gasteiger partial charge in [-0.1, -0.05) is 72.6 Å². The highest BCUT2D eigenvalue weighted by molar-refractivity contribution is 7.92. The summed E-state index contributed by atoms with van der Waals surface area (Å²) < 4.78 is 28.7. The van der Waals surface area contributed by atoms with Gasteiger partial charge in [-0.15, -0.1) is 0 Å². The van der Waals surface area contributed by atoms with E-state index in [1.165, 1.54) is 23.1 Å². The smallest absolute Gasteiger partial charge is 0.264 e. The number of rotatable bonds is 11. The Kier molecular flexibility index (Phi) is 10.2. The quantitative estimate of drug-likeness (QED) is 0.330. The van der Waals surface area contributed by atoms with Crippen LogP contribution in [0.3, 0.4) is 0 Å². The fourth-order valence-electron chi connectivity index (χ4n) is 3.87. The summed E-state index contributed by atoms with van der Waals surface area (Å²) >= 11 is 12.6. The number of sulfonamides is 1. The van der Waals surface area contributed by atoms with Crippen LogP contribution in [0.4, 0.5) is 5.69 Å². The molecule has 3 rings (SSSR count). The number of carbonyl (C=O) groups excluding carboxylic acids is 2. The highest BCUT2D eigenvalue weighted by Crippen LogP contribution is 2.30. The molecule has 2 amide bonds. The van der Waals surface area contributed by atoms with Crippen LogP contribution < -0.4 is 9.62 Å². The number of halogens is 2. The van der Waals surface area contributed by atoms with Gasteiger partial charge in [-0.05, 0) is 61.7 Å². The third-order valence-electron chi connectivity index (χ3n) is 6.07.